The number of hydrazone groups is 1. The lowest BCUT2D eigenvalue weighted by Gasteiger charge is -2.42. The van der Waals surface area contributed by atoms with Crippen LogP contribution in [0.15, 0.2) is 23.3 Å². The number of aromatic hydroxyl groups is 2. The van der Waals surface area contributed by atoms with E-state index < -0.39 is 76.5 Å². The number of aliphatic hydroxyl groups is 2. The second-order valence-corrected chi connectivity index (χ2v) is 10.8. The van der Waals surface area contributed by atoms with E-state index >= 15 is 0 Å². The Kier molecular flexibility index (Phi) is 7.45. The highest BCUT2D eigenvalue weighted by Gasteiger charge is 2.49. The van der Waals surface area contributed by atoms with Crippen LogP contribution in [0.2, 0.25) is 0 Å². The number of carbonyl (C=O) groups is 3. The molecule has 1 heterocycles. The molecule has 1 fully saturated rings. The number of primary amides is 1. The van der Waals surface area contributed by atoms with Crippen molar-refractivity contribution in [2.45, 2.75) is 69.4 Å². The van der Waals surface area contributed by atoms with Crippen LogP contribution < -0.4 is 21.6 Å². The summed E-state index contributed by atoms with van der Waals surface area (Å²) in [6.07, 6.45) is -4.54. The van der Waals surface area contributed by atoms with Gasteiger partial charge < -0.3 is 46.1 Å². The van der Waals surface area contributed by atoms with E-state index in [9.17, 15) is 34.8 Å². The topological polar surface area (TPSA) is 236 Å². The van der Waals surface area contributed by atoms with Crippen molar-refractivity contribution in [2.24, 2.45) is 16.6 Å². The van der Waals surface area contributed by atoms with Crippen LogP contribution in [0.1, 0.15) is 75.8 Å². The average Bonchev–Trinajstić information content (AvgIpc) is 2.94. The van der Waals surface area contributed by atoms with Gasteiger partial charge in [0.25, 0.3) is 0 Å². The zero-order valence-corrected chi connectivity index (χ0v) is 23.1. The third kappa shape index (κ3) is 4.66. The van der Waals surface area contributed by atoms with Crippen molar-refractivity contribution in [3.8, 4) is 17.2 Å². The van der Waals surface area contributed by atoms with Crippen molar-refractivity contribution >= 4 is 23.3 Å². The van der Waals surface area contributed by atoms with Gasteiger partial charge in [0.05, 0.1) is 47.8 Å². The molecule has 2 amide bonds. The molecule has 224 valence electrons. The molecule has 14 nitrogen and oxygen atoms in total. The van der Waals surface area contributed by atoms with Crippen LogP contribution in [0.25, 0.3) is 0 Å². The number of ketones is 2. The zero-order chi connectivity index (χ0) is 30.7. The smallest absolute Gasteiger partial charge is 0.332 e. The van der Waals surface area contributed by atoms with Gasteiger partial charge in [-0.25, -0.2) is 10.2 Å². The normalized spacial score (nSPS) is 28.9. The fourth-order valence-corrected chi connectivity index (χ4v) is 5.91. The molecule has 0 aromatic heterocycles. The first-order valence-corrected chi connectivity index (χ1v) is 13.2. The number of fused-ring (bicyclic) bond motifs is 3. The minimum atomic E-state index is -1.89. The molecule has 0 spiro atoms. The van der Waals surface area contributed by atoms with Crippen molar-refractivity contribution < 1.29 is 49.0 Å². The highest BCUT2D eigenvalue weighted by Crippen LogP contribution is 2.52. The van der Waals surface area contributed by atoms with Crippen molar-refractivity contribution in [3.63, 3.8) is 0 Å². The molecule has 6 atom stereocenters. The fraction of sp³-hybridized carbons (Fsp3) is 0.429. The van der Waals surface area contributed by atoms with Gasteiger partial charge in [0.1, 0.15) is 22.8 Å². The number of nitrogens with zero attached hydrogens (tertiary/aromatic N) is 1. The number of ether oxygens (including phenoxy) is 3. The number of methoxy groups -OCH3 is 1. The lowest BCUT2D eigenvalue weighted by atomic mass is 9.72. The van der Waals surface area contributed by atoms with E-state index in [2.05, 4.69) is 5.10 Å². The summed E-state index contributed by atoms with van der Waals surface area (Å²) in [4.78, 5) is 38.7. The van der Waals surface area contributed by atoms with E-state index in [0.29, 0.717) is 0 Å². The largest absolute Gasteiger partial charge is 0.507 e. The lowest BCUT2D eigenvalue weighted by molar-refractivity contribution is -0.245. The number of aliphatic hydroxyl groups excluding tert-OH is 1. The summed E-state index contributed by atoms with van der Waals surface area (Å²) in [5.74, 6) is -2.61. The molecule has 0 bridgehead atoms. The molecule has 0 radical (unpaired) electrons. The van der Waals surface area contributed by atoms with Gasteiger partial charge in [0, 0.05) is 42.0 Å². The number of benzene rings is 2. The van der Waals surface area contributed by atoms with E-state index in [0.717, 1.165) is 0 Å². The Labute approximate surface area is 239 Å². The SMILES string of the molecule is COc1cccc2c1C(=O)c1c(O)c3c(c(O)c1C2=O)C[C@@](O)(/C(C)=N\NC(N)=O)C[C@@H]3OC1CC(N)C(O)C(C)O1. The number of urea groups is 1. The van der Waals surface area contributed by atoms with E-state index in [1.54, 1.807) is 6.92 Å². The lowest BCUT2D eigenvalue weighted by Crippen LogP contribution is -2.52. The van der Waals surface area contributed by atoms with Gasteiger partial charge in [-0.1, -0.05) is 12.1 Å². The van der Waals surface area contributed by atoms with Crippen LogP contribution in [0, 0.1) is 0 Å². The average molecular weight is 585 g/mol. The fourth-order valence-electron chi connectivity index (χ4n) is 5.91. The quantitative estimate of drug-likeness (QED) is 0.124. The highest BCUT2D eigenvalue weighted by atomic mass is 16.7. The van der Waals surface area contributed by atoms with E-state index in [4.69, 9.17) is 25.7 Å². The molecule has 0 saturated carbocycles. The number of amides is 2. The predicted molar refractivity (Wildman–Crippen MR) is 145 cm³/mol. The Morgan fingerprint density at radius 2 is 1.86 bits per heavy atom. The first-order valence-electron chi connectivity index (χ1n) is 13.2. The highest BCUT2D eigenvalue weighted by molar-refractivity contribution is 6.31. The second-order valence-electron chi connectivity index (χ2n) is 10.8. The summed E-state index contributed by atoms with van der Waals surface area (Å²) < 4.78 is 17.3. The summed E-state index contributed by atoms with van der Waals surface area (Å²) in [6, 6.07) is 2.73. The molecule has 9 N–H and O–H groups in total. The molecule has 2 aromatic rings. The Hall–Kier alpha value is -4.08. The Balaban J connectivity index is 1.68. The van der Waals surface area contributed by atoms with E-state index in [1.807, 2.05) is 5.43 Å². The Morgan fingerprint density at radius 1 is 1.17 bits per heavy atom. The summed E-state index contributed by atoms with van der Waals surface area (Å²) in [6.45, 7) is 3.02. The van der Waals surface area contributed by atoms with Gasteiger partial charge in [-0.05, 0) is 19.9 Å². The minimum absolute atomic E-state index is 0.0142. The molecule has 1 saturated heterocycles. The van der Waals surface area contributed by atoms with Crippen LogP contribution in [-0.4, -0.2) is 81.0 Å². The third-order valence-corrected chi connectivity index (χ3v) is 8.15. The molecule has 4 unspecified atom stereocenters. The van der Waals surface area contributed by atoms with Crippen molar-refractivity contribution in [2.75, 3.05) is 7.11 Å². The van der Waals surface area contributed by atoms with Crippen LogP contribution in [-0.2, 0) is 15.9 Å². The summed E-state index contributed by atoms with van der Waals surface area (Å²) in [5.41, 5.74) is 10.3. The van der Waals surface area contributed by atoms with Crippen molar-refractivity contribution in [1.29, 1.82) is 0 Å². The maximum absolute atomic E-state index is 13.8. The first kappa shape index (κ1) is 29.4. The summed E-state index contributed by atoms with van der Waals surface area (Å²) in [5, 5.41) is 48.9. The van der Waals surface area contributed by atoms with Crippen molar-refractivity contribution in [3.05, 3.63) is 51.6 Å². The molecule has 14 heteroatoms. The number of phenols is 2. The van der Waals surface area contributed by atoms with Gasteiger partial charge in [0.15, 0.2) is 12.1 Å². The third-order valence-electron chi connectivity index (χ3n) is 8.15. The number of hydrogen-bond acceptors (Lipinski definition) is 12. The zero-order valence-electron chi connectivity index (χ0n) is 23.1. The van der Waals surface area contributed by atoms with Crippen LogP contribution in [0.3, 0.4) is 0 Å². The minimum Gasteiger partial charge on any atom is -0.507 e. The standard InChI is InChI=1S/C28H32N4O10/c1-10-22(33)14(29)7-17(41-10)42-16-9-28(39,11(2)31-32-27(30)38)8-13-19(16)26(37)21-20(24(13)35)23(34)12-5-4-6-15(40-3)18(12)25(21)36/h4-6,10,14,16-17,22,33,35,37,39H,7-9,29H2,1-3H3,(H3,30,32,38)/b31-11-/t10?,14?,16-,17?,22?,28-/m0/s1. The number of nitrogens with one attached hydrogen (secondary N) is 1. The number of carbonyl (C=O) groups excluding carboxylic acids is 3. The molecule has 42 heavy (non-hydrogen) atoms. The second kappa shape index (κ2) is 10.6. The molecule has 2 aromatic carbocycles. The van der Waals surface area contributed by atoms with Crippen LogP contribution in [0.5, 0.6) is 17.2 Å². The predicted octanol–water partition coefficient (Wildman–Crippen LogP) is 0.484. The van der Waals surface area contributed by atoms with Gasteiger partial charge in [-0.2, -0.15) is 5.10 Å². The monoisotopic (exact) mass is 584 g/mol. The Bertz CT molecular complexity index is 1510. The number of nitrogens with two attached hydrogens (primary N) is 2. The molecule has 5 rings (SSSR count). The molecular weight excluding hydrogens is 552 g/mol. The maximum Gasteiger partial charge on any atom is 0.332 e. The number of phenolic OH excluding ortho intramolecular Hbond substituents is 2. The molecule has 3 aliphatic rings. The van der Waals surface area contributed by atoms with Crippen LogP contribution in [0.4, 0.5) is 4.79 Å². The van der Waals surface area contributed by atoms with E-state index in [1.165, 1.54) is 32.2 Å². The van der Waals surface area contributed by atoms with Gasteiger partial charge in [-0.3, -0.25) is 9.59 Å². The van der Waals surface area contributed by atoms with Gasteiger partial charge >= 0.3 is 6.03 Å². The van der Waals surface area contributed by atoms with Gasteiger partial charge in [0.2, 0.25) is 5.78 Å². The maximum atomic E-state index is 13.8. The summed E-state index contributed by atoms with van der Waals surface area (Å²) in [7, 11) is 1.33. The van der Waals surface area contributed by atoms with E-state index in [-0.39, 0.29) is 53.0 Å². The number of rotatable bonds is 5. The molecule has 2 aliphatic carbocycles. The molecule has 1 aliphatic heterocycles. The van der Waals surface area contributed by atoms with Gasteiger partial charge in [-0.15, -0.1) is 0 Å². The Morgan fingerprint density at radius 3 is 2.50 bits per heavy atom. The van der Waals surface area contributed by atoms with Crippen molar-refractivity contribution in [1.82, 2.24) is 5.43 Å². The van der Waals surface area contributed by atoms with Crippen LogP contribution >= 0.6 is 0 Å². The number of hydrogen-bond donors (Lipinski definition) is 7. The molecular formula is C28H32N4O10. The summed E-state index contributed by atoms with van der Waals surface area (Å²) >= 11 is 0. The first-order chi connectivity index (χ1) is 19.8.